The van der Waals surface area contributed by atoms with E-state index in [1.165, 1.54) is 0 Å². The highest BCUT2D eigenvalue weighted by Crippen LogP contribution is 2.12. The van der Waals surface area contributed by atoms with Crippen molar-refractivity contribution < 1.29 is 9.59 Å². The van der Waals surface area contributed by atoms with Crippen molar-refractivity contribution in [1.29, 1.82) is 0 Å². The van der Waals surface area contributed by atoms with E-state index in [0.717, 1.165) is 18.9 Å². The number of rotatable bonds is 5. The molecule has 1 aromatic heterocycles. The van der Waals surface area contributed by atoms with Gasteiger partial charge in [0.05, 0.1) is 6.54 Å². The smallest absolute Gasteiger partial charge is 0.233 e. The first-order valence-corrected chi connectivity index (χ1v) is 7.11. The minimum atomic E-state index is -0.234. The first-order valence-electron chi connectivity index (χ1n) is 7.11. The van der Waals surface area contributed by atoms with Crippen LogP contribution in [0.15, 0.2) is 24.4 Å². The van der Waals surface area contributed by atoms with E-state index in [-0.39, 0.29) is 18.4 Å². The molecule has 0 radical (unpaired) electrons. The number of amides is 2. The van der Waals surface area contributed by atoms with Crippen molar-refractivity contribution in [3.63, 3.8) is 0 Å². The van der Waals surface area contributed by atoms with Crippen LogP contribution in [0.4, 0.5) is 5.82 Å². The highest BCUT2D eigenvalue weighted by molar-refractivity contribution is 5.80. The minimum Gasteiger partial charge on any atom is -0.354 e. The Labute approximate surface area is 124 Å². The van der Waals surface area contributed by atoms with Crippen molar-refractivity contribution in [3.05, 3.63) is 24.4 Å². The third kappa shape index (κ3) is 4.42. The number of hydrogen-bond acceptors (Lipinski definition) is 5. The summed E-state index contributed by atoms with van der Waals surface area (Å²) in [6.45, 7) is 3.21. The van der Waals surface area contributed by atoms with Crippen molar-refractivity contribution in [2.75, 3.05) is 44.2 Å². The molecule has 2 amide bonds. The molecule has 0 saturated carbocycles. The van der Waals surface area contributed by atoms with E-state index in [4.69, 9.17) is 5.73 Å². The Balaban J connectivity index is 1.73. The number of carbonyl (C=O) groups is 2. The van der Waals surface area contributed by atoms with Crippen molar-refractivity contribution in [2.24, 2.45) is 5.73 Å². The lowest BCUT2D eigenvalue weighted by Gasteiger charge is -2.35. The number of carbonyl (C=O) groups excluding carboxylic acids is 2. The Kier molecular flexibility index (Phi) is 5.51. The SMILES string of the molecule is NCC(=O)NCCC(=O)N1CCN(c2ccccn2)CC1. The van der Waals surface area contributed by atoms with Gasteiger partial charge in [0, 0.05) is 45.3 Å². The standard InChI is InChI=1S/C14H21N5O2/c15-11-13(20)17-6-4-14(21)19-9-7-18(8-10-19)12-3-1-2-5-16-12/h1-3,5H,4,6-11,15H2,(H,17,20). The first kappa shape index (κ1) is 15.2. The van der Waals surface area contributed by atoms with Gasteiger partial charge in [-0.2, -0.15) is 0 Å². The lowest BCUT2D eigenvalue weighted by Crippen LogP contribution is -2.49. The Hall–Kier alpha value is -2.15. The van der Waals surface area contributed by atoms with Crippen LogP contribution < -0.4 is 16.0 Å². The summed E-state index contributed by atoms with van der Waals surface area (Å²) in [5.41, 5.74) is 5.18. The third-order valence-electron chi connectivity index (χ3n) is 3.45. The maximum Gasteiger partial charge on any atom is 0.233 e. The maximum atomic E-state index is 12.0. The zero-order valence-corrected chi connectivity index (χ0v) is 12.0. The molecule has 7 nitrogen and oxygen atoms in total. The van der Waals surface area contributed by atoms with Crippen LogP contribution in [0.5, 0.6) is 0 Å². The number of pyridine rings is 1. The summed E-state index contributed by atoms with van der Waals surface area (Å²) >= 11 is 0. The molecule has 0 aliphatic carbocycles. The zero-order valence-electron chi connectivity index (χ0n) is 12.0. The Bertz CT molecular complexity index is 472. The molecule has 0 aromatic carbocycles. The Morgan fingerprint density at radius 2 is 2.00 bits per heavy atom. The van der Waals surface area contributed by atoms with Gasteiger partial charge in [-0.15, -0.1) is 0 Å². The fourth-order valence-electron chi connectivity index (χ4n) is 2.26. The molecule has 2 rings (SSSR count). The molecule has 2 heterocycles. The van der Waals surface area contributed by atoms with Gasteiger partial charge in [-0.05, 0) is 12.1 Å². The van der Waals surface area contributed by atoms with Gasteiger partial charge in [0.1, 0.15) is 5.82 Å². The molecule has 1 fully saturated rings. The summed E-state index contributed by atoms with van der Waals surface area (Å²) in [5.74, 6) is 0.774. The van der Waals surface area contributed by atoms with Crippen LogP contribution in [0.1, 0.15) is 6.42 Å². The van der Waals surface area contributed by atoms with E-state index < -0.39 is 0 Å². The number of nitrogens with two attached hydrogens (primary N) is 1. The summed E-state index contributed by atoms with van der Waals surface area (Å²) in [6, 6.07) is 5.82. The molecule has 0 spiro atoms. The van der Waals surface area contributed by atoms with E-state index in [1.54, 1.807) is 6.20 Å². The molecule has 3 N–H and O–H groups in total. The minimum absolute atomic E-state index is 0.0447. The summed E-state index contributed by atoms with van der Waals surface area (Å²) < 4.78 is 0. The fourth-order valence-corrected chi connectivity index (χ4v) is 2.26. The van der Waals surface area contributed by atoms with E-state index in [2.05, 4.69) is 15.2 Å². The van der Waals surface area contributed by atoms with Crippen LogP contribution in [0.25, 0.3) is 0 Å². The first-order chi connectivity index (χ1) is 10.2. The predicted octanol–water partition coefficient (Wildman–Crippen LogP) is -0.805. The molecule has 0 atom stereocenters. The van der Waals surface area contributed by atoms with Crippen LogP contribution in [0.2, 0.25) is 0 Å². The molecule has 1 aromatic rings. The van der Waals surface area contributed by atoms with Gasteiger partial charge in [0.15, 0.2) is 0 Å². The van der Waals surface area contributed by atoms with Gasteiger partial charge >= 0.3 is 0 Å². The summed E-state index contributed by atoms with van der Waals surface area (Å²) in [7, 11) is 0. The van der Waals surface area contributed by atoms with E-state index in [9.17, 15) is 9.59 Å². The molecular weight excluding hydrogens is 270 g/mol. The molecule has 1 aliphatic rings. The summed E-state index contributed by atoms with van der Waals surface area (Å²) in [4.78, 5) is 31.3. The quantitative estimate of drug-likeness (QED) is 0.741. The lowest BCUT2D eigenvalue weighted by molar-refractivity contribution is -0.131. The summed E-state index contributed by atoms with van der Waals surface area (Å²) in [5, 5.41) is 2.61. The molecule has 0 unspecified atom stereocenters. The predicted molar refractivity (Wildman–Crippen MR) is 79.7 cm³/mol. The van der Waals surface area contributed by atoms with E-state index >= 15 is 0 Å². The molecule has 1 aliphatic heterocycles. The summed E-state index contributed by atoms with van der Waals surface area (Å²) in [6.07, 6.45) is 2.09. The number of anilines is 1. The second-order valence-corrected chi connectivity index (χ2v) is 4.86. The maximum absolute atomic E-state index is 12.0. The second-order valence-electron chi connectivity index (χ2n) is 4.86. The number of nitrogens with zero attached hydrogens (tertiary/aromatic N) is 3. The molecule has 21 heavy (non-hydrogen) atoms. The van der Waals surface area contributed by atoms with Crippen LogP contribution in [0, 0.1) is 0 Å². The van der Waals surface area contributed by atoms with Gasteiger partial charge in [-0.25, -0.2) is 4.98 Å². The largest absolute Gasteiger partial charge is 0.354 e. The van der Waals surface area contributed by atoms with Crippen molar-refractivity contribution >= 4 is 17.6 Å². The average Bonchev–Trinajstić information content (AvgIpc) is 2.55. The highest BCUT2D eigenvalue weighted by Gasteiger charge is 2.21. The van der Waals surface area contributed by atoms with E-state index in [1.807, 2.05) is 23.1 Å². The van der Waals surface area contributed by atoms with Crippen molar-refractivity contribution in [3.8, 4) is 0 Å². The monoisotopic (exact) mass is 291 g/mol. The highest BCUT2D eigenvalue weighted by atomic mass is 16.2. The lowest BCUT2D eigenvalue weighted by atomic mass is 10.2. The average molecular weight is 291 g/mol. The number of nitrogens with one attached hydrogen (secondary N) is 1. The molecule has 0 bridgehead atoms. The molecule has 7 heteroatoms. The van der Waals surface area contributed by atoms with Crippen LogP contribution in [-0.2, 0) is 9.59 Å². The van der Waals surface area contributed by atoms with Crippen molar-refractivity contribution in [2.45, 2.75) is 6.42 Å². The van der Waals surface area contributed by atoms with Gasteiger partial charge in [0.2, 0.25) is 11.8 Å². The van der Waals surface area contributed by atoms with Gasteiger partial charge in [-0.1, -0.05) is 6.07 Å². The molecule has 114 valence electrons. The topological polar surface area (TPSA) is 91.6 Å². The van der Waals surface area contributed by atoms with Gasteiger partial charge in [-0.3, -0.25) is 9.59 Å². The van der Waals surface area contributed by atoms with Crippen LogP contribution >= 0.6 is 0 Å². The zero-order chi connectivity index (χ0) is 15.1. The third-order valence-corrected chi connectivity index (χ3v) is 3.45. The van der Waals surface area contributed by atoms with Crippen LogP contribution in [0.3, 0.4) is 0 Å². The van der Waals surface area contributed by atoms with Crippen molar-refractivity contribution in [1.82, 2.24) is 15.2 Å². The molecule has 1 saturated heterocycles. The van der Waals surface area contributed by atoms with Crippen LogP contribution in [-0.4, -0.2) is 61.0 Å². The molecular formula is C14H21N5O2. The Morgan fingerprint density at radius 3 is 2.62 bits per heavy atom. The fraction of sp³-hybridized carbons (Fsp3) is 0.500. The number of aromatic nitrogens is 1. The second kappa shape index (κ2) is 7.58. The number of hydrogen-bond donors (Lipinski definition) is 2. The van der Waals surface area contributed by atoms with Gasteiger partial charge < -0.3 is 20.9 Å². The number of piperazine rings is 1. The van der Waals surface area contributed by atoms with Gasteiger partial charge in [0.25, 0.3) is 0 Å². The van der Waals surface area contributed by atoms with E-state index in [0.29, 0.717) is 26.1 Å². The Morgan fingerprint density at radius 1 is 1.24 bits per heavy atom. The normalized spacial score (nSPS) is 14.9.